The SMILES string of the molecule is Cc1ccc(Cc2n[nH]c(=S)o2)cc1C. The predicted octanol–water partition coefficient (Wildman–Crippen LogP) is 2.94. The van der Waals surface area contributed by atoms with Gasteiger partial charge >= 0.3 is 0 Å². The molecule has 1 heterocycles. The first-order valence-corrected chi connectivity index (χ1v) is 5.16. The first-order chi connectivity index (χ1) is 7.15. The van der Waals surface area contributed by atoms with Crippen molar-refractivity contribution >= 4 is 12.2 Å². The minimum atomic E-state index is 0.328. The number of benzene rings is 1. The average Bonchev–Trinajstić information content (AvgIpc) is 2.58. The van der Waals surface area contributed by atoms with Crippen molar-refractivity contribution in [1.82, 2.24) is 10.2 Å². The lowest BCUT2D eigenvalue weighted by atomic mass is 10.0. The summed E-state index contributed by atoms with van der Waals surface area (Å²) in [5.41, 5.74) is 3.76. The molecule has 0 bridgehead atoms. The molecule has 1 aromatic carbocycles. The van der Waals surface area contributed by atoms with Crippen LogP contribution >= 0.6 is 12.2 Å². The molecule has 78 valence electrons. The van der Waals surface area contributed by atoms with Gasteiger partial charge in [0.1, 0.15) is 0 Å². The Labute approximate surface area is 93.1 Å². The lowest BCUT2D eigenvalue weighted by molar-refractivity contribution is 0.491. The van der Waals surface area contributed by atoms with Gasteiger partial charge in [-0.05, 0) is 42.8 Å². The third-order valence-corrected chi connectivity index (χ3v) is 2.58. The van der Waals surface area contributed by atoms with Gasteiger partial charge in [-0.15, -0.1) is 5.10 Å². The fourth-order valence-corrected chi connectivity index (χ4v) is 1.57. The standard InChI is InChI=1S/C11H12N2OS/c1-7-3-4-9(5-8(7)2)6-10-12-13-11(15)14-10/h3-5H,6H2,1-2H3,(H,13,15). The molecule has 0 aliphatic heterocycles. The summed E-state index contributed by atoms with van der Waals surface area (Å²) in [6, 6.07) is 6.32. The molecule has 0 radical (unpaired) electrons. The Morgan fingerprint density at radius 1 is 1.33 bits per heavy atom. The van der Waals surface area contributed by atoms with Crippen molar-refractivity contribution in [2.24, 2.45) is 0 Å². The second kappa shape index (κ2) is 3.98. The summed E-state index contributed by atoms with van der Waals surface area (Å²) in [6.07, 6.45) is 0.675. The monoisotopic (exact) mass is 220 g/mol. The lowest BCUT2D eigenvalue weighted by Crippen LogP contribution is -1.90. The van der Waals surface area contributed by atoms with Crippen LogP contribution in [0.2, 0.25) is 0 Å². The van der Waals surface area contributed by atoms with E-state index in [1.807, 2.05) is 0 Å². The maximum Gasteiger partial charge on any atom is 0.284 e. The zero-order valence-corrected chi connectivity index (χ0v) is 9.52. The van der Waals surface area contributed by atoms with Crippen LogP contribution in [0.4, 0.5) is 0 Å². The number of nitrogens with zero attached hydrogens (tertiary/aromatic N) is 1. The number of hydrogen-bond acceptors (Lipinski definition) is 3. The molecule has 4 heteroatoms. The third kappa shape index (κ3) is 2.33. The third-order valence-electron chi connectivity index (χ3n) is 2.41. The highest BCUT2D eigenvalue weighted by Crippen LogP contribution is 2.12. The summed E-state index contributed by atoms with van der Waals surface area (Å²) in [5, 5.41) is 6.58. The van der Waals surface area contributed by atoms with E-state index >= 15 is 0 Å². The Morgan fingerprint density at radius 2 is 2.13 bits per heavy atom. The van der Waals surface area contributed by atoms with Crippen LogP contribution < -0.4 is 0 Å². The minimum Gasteiger partial charge on any atom is -0.414 e. The molecule has 0 saturated carbocycles. The highest BCUT2D eigenvalue weighted by molar-refractivity contribution is 7.71. The number of H-pyrrole nitrogens is 1. The molecule has 0 fully saturated rings. The second-order valence-electron chi connectivity index (χ2n) is 3.60. The number of rotatable bonds is 2. The predicted molar refractivity (Wildman–Crippen MR) is 60.4 cm³/mol. The summed E-state index contributed by atoms with van der Waals surface area (Å²) >= 11 is 4.81. The van der Waals surface area contributed by atoms with Crippen molar-refractivity contribution in [1.29, 1.82) is 0 Å². The average molecular weight is 220 g/mol. The molecule has 15 heavy (non-hydrogen) atoms. The molecular formula is C11H12N2OS. The van der Waals surface area contributed by atoms with E-state index in [9.17, 15) is 0 Å². The maximum absolute atomic E-state index is 5.21. The first kappa shape index (κ1) is 10.1. The van der Waals surface area contributed by atoms with Crippen molar-refractivity contribution in [2.45, 2.75) is 20.3 Å². The molecule has 2 rings (SSSR count). The van der Waals surface area contributed by atoms with E-state index in [1.165, 1.54) is 16.7 Å². The van der Waals surface area contributed by atoms with Gasteiger partial charge in [0.2, 0.25) is 5.89 Å². The van der Waals surface area contributed by atoms with E-state index in [0.29, 0.717) is 17.1 Å². The van der Waals surface area contributed by atoms with Crippen LogP contribution in [0, 0.1) is 18.7 Å². The number of nitrogens with one attached hydrogen (secondary N) is 1. The van der Waals surface area contributed by atoms with Crippen molar-refractivity contribution < 1.29 is 4.42 Å². The van der Waals surface area contributed by atoms with Crippen LogP contribution in [0.25, 0.3) is 0 Å². The zero-order chi connectivity index (χ0) is 10.8. The molecule has 2 aromatic rings. The van der Waals surface area contributed by atoms with Gasteiger partial charge in [-0.1, -0.05) is 18.2 Å². The van der Waals surface area contributed by atoms with Gasteiger partial charge in [-0.3, -0.25) is 0 Å². The van der Waals surface area contributed by atoms with Crippen LogP contribution in [0.3, 0.4) is 0 Å². The number of aryl methyl sites for hydroxylation is 2. The van der Waals surface area contributed by atoms with Crippen LogP contribution in [0.5, 0.6) is 0 Å². The van der Waals surface area contributed by atoms with Crippen LogP contribution in [-0.2, 0) is 6.42 Å². The van der Waals surface area contributed by atoms with Gasteiger partial charge in [0, 0.05) is 0 Å². The fraction of sp³-hybridized carbons (Fsp3) is 0.273. The van der Waals surface area contributed by atoms with Gasteiger partial charge in [0.05, 0.1) is 6.42 Å². The lowest BCUT2D eigenvalue weighted by Gasteiger charge is -2.02. The van der Waals surface area contributed by atoms with Crippen molar-refractivity contribution in [3.8, 4) is 0 Å². The van der Waals surface area contributed by atoms with Crippen molar-refractivity contribution in [2.75, 3.05) is 0 Å². The smallest absolute Gasteiger partial charge is 0.284 e. The fourth-order valence-electron chi connectivity index (χ4n) is 1.42. The second-order valence-corrected chi connectivity index (χ2v) is 3.97. The summed E-state index contributed by atoms with van der Waals surface area (Å²) in [4.78, 5) is 0.328. The van der Waals surface area contributed by atoms with E-state index in [4.69, 9.17) is 16.6 Å². The normalized spacial score (nSPS) is 10.5. The van der Waals surface area contributed by atoms with Gasteiger partial charge in [-0.2, -0.15) is 0 Å². The summed E-state index contributed by atoms with van der Waals surface area (Å²) in [6.45, 7) is 4.19. The number of aromatic amines is 1. The molecule has 0 unspecified atom stereocenters. The van der Waals surface area contributed by atoms with E-state index in [1.54, 1.807) is 0 Å². The Bertz CT molecular complexity index is 527. The van der Waals surface area contributed by atoms with Crippen LogP contribution in [0.15, 0.2) is 22.6 Å². The molecule has 1 N–H and O–H groups in total. The Hall–Kier alpha value is -1.42. The topological polar surface area (TPSA) is 41.8 Å². The molecule has 0 atom stereocenters. The highest BCUT2D eigenvalue weighted by atomic mass is 32.1. The van der Waals surface area contributed by atoms with Gasteiger partial charge in [-0.25, -0.2) is 5.10 Å². The summed E-state index contributed by atoms with van der Waals surface area (Å²) in [5.74, 6) is 0.628. The van der Waals surface area contributed by atoms with Crippen molar-refractivity contribution in [3.63, 3.8) is 0 Å². The van der Waals surface area contributed by atoms with E-state index < -0.39 is 0 Å². The zero-order valence-electron chi connectivity index (χ0n) is 8.70. The summed E-state index contributed by atoms with van der Waals surface area (Å²) in [7, 11) is 0. The van der Waals surface area contributed by atoms with Gasteiger partial charge in [0.25, 0.3) is 4.84 Å². The largest absolute Gasteiger partial charge is 0.414 e. The van der Waals surface area contributed by atoms with Gasteiger partial charge < -0.3 is 4.42 Å². The molecule has 0 saturated heterocycles. The Balaban J connectivity index is 2.24. The Kier molecular flexibility index (Phi) is 2.68. The quantitative estimate of drug-likeness (QED) is 0.791. The molecule has 0 aliphatic carbocycles. The molecule has 1 aromatic heterocycles. The molecule has 0 spiro atoms. The summed E-state index contributed by atoms with van der Waals surface area (Å²) < 4.78 is 5.21. The molecule has 3 nitrogen and oxygen atoms in total. The van der Waals surface area contributed by atoms with Crippen molar-refractivity contribution in [3.05, 3.63) is 45.6 Å². The van der Waals surface area contributed by atoms with E-state index in [0.717, 1.165) is 0 Å². The number of aromatic nitrogens is 2. The first-order valence-electron chi connectivity index (χ1n) is 4.75. The highest BCUT2D eigenvalue weighted by Gasteiger charge is 2.02. The molecular weight excluding hydrogens is 208 g/mol. The molecule has 0 aliphatic rings. The van der Waals surface area contributed by atoms with Crippen LogP contribution in [-0.4, -0.2) is 10.2 Å². The number of hydrogen-bond donors (Lipinski definition) is 1. The van der Waals surface area contributed by atoms with E-state index in [-0.39, 0.29) is 0 Å². The van der Waals surface area contributed by atoms with Crippen LogP contribution in [0.1, 0.15) is 22.6 Å². The van der Waals surface area contributed by atoms with Gasteiger partial charge in [0.15, 0.2) is 0 Å². The maximum atomic E-state index is 5.21. The Morgan fingerprint density at radius 3 is 2.73 bits per heavy atom. The van der Waals surface area contributed by atoms with E-state index in [2.05, 4.69) is 42.2 Å². The molecule has 0 amide bonds. The minimum absolute atomic E-state index is 0.328.